The van der Waals surface area contributed by atoms with Crippen LogP contribution >= 0.6 is 11.8 Å². The Balaban J connectivity index is 1.53. The van der Waals surface area contributed by atoms with Crippen molar-refractivity contribution >= 4 is 17.7 Å². The molecule has 33 heavy (non-hydrogen) atoms. The van der Waals surface area contributed by atoms with Crippen molar-refractivity contribution in [2.75, 3.05) is 0 Å². The minimum Gasteiger partial charge on any atom is -0.352 e. The molecule has 6 heteroatoms. The molecule has 1 amide bonds. The molecule has 5 rings (SSSR count). The van der Waals surface area contributed by atoms with Crippen molar-refractivity contribution in [1.82, 2.24) is 20.1 Å². The lowest BCUT2D eigenvalue weighted by Gasteiger charge is -2.18. The third-order valence-corrected chi connectivity index (χ3v) is 6.85. The topological polar surface area (TPSA) is 59.8 Å². The van der Waals surface area contributed by atoms with Crippen molar-refractivity contribution in [1.29, 1.82) is 0 Å². The second-order valence-corrected chi connectivity index (χ2v) is 9.50. The highest BCUT2D eigenvalue weighted by atomic mass is 32.2. The standard InChI is InChI=1S/C27H26N4OS/c1-19-9-8-14-23(17-19)31-24(18-20-10-4-2-5-11-20)29-30-27(31)33-25(21-12-6-3-7-13-21)26(32)28-22-15-16-22/h2-14,17,22,25H,15-16,18H2,1H3,(H,28,32)/t25-/m0/s1. The van der Waals surface area contributed by atoms with Crippen molar-refractivity contribution in [2.24, 2.45) is 0 Å². The number of rotatable bonds is 8. The molecule has 0 unspecified atom stereocenters. The molecule has 1 fully saturated rings. The minimum atomic E-state index is -0.399. The third-order valence-electron chi connectivity index (χ3n) is 5.65. The van der Waals surface area contributed by atoms with Crippen LogP contribution in [-0.2, 0) is 11.2 Å². The highest BCUT2D eigenvalue weighted by molar-refractivity contribution is 8.00. The van der Waals surface area contributed by atoms with E-state index in [4.69, 9.17) is 0 Å². The van der Waals surface area contributed by atoms with Crippen LogP contribution in [0, 0.1) is 6.92 Å². The van der Waals surface area contributed by atoms with Crippen LogP contribution in [0.3, 0.4) is 0 Å². The number of amides is 1. The summed E-state index contributed by atoms with van der Waals surface area (Å²) in [6.07, 6.45) is 2.77. The zero-order valence-electron chi connectivity index (χ0n) is 18.5. The Labute approximate surface area is 198 Å². The Morgan fingerprint density at radius 3 is 2.42 bits per heavy atom. The fourth-order valence-corrected chi connectivity index (χ4v) is 4.89. The molecule has 0 aliphatic heterocycles. The Morgan fingerprint density at radius 1 is 1.00 bits per heavy atom. The first-order valence-corrected chi connectivity index (χ1v) is 12.1. The van der Waals surface area contributed by atoms with E-state index in [1.54, 1.807) is 0 Å². The van der Waals surface area contributed by atoms with Gasteiger partial charge in [-0.15, -0.1) is 10.2 Å². The average molecular weight is 455 g/mol. The monoisotopic (exact) mass is 454 g/mol. The van der Waals surface area contributed by atoms with Gasteiger partial charge in [0, 0.05) is 18.2 Å². The number of hydrogen-bond acceptors (Lipinski definition) is 4. The third kappa shape index (κ3) is 5.17. The van der Waals surface area contributed by atoms with E-state index in [1.807, 2.05) is 54.6 Å². The maximum Gasteiger partial charge on any atom is 0.238 e. The van der Waals surface area contributed by atoms with Gasteiger partial charge in [0.05, 0.1) is 0 Å². The van der Waals surface area contributed by atoms with Crippen LogP contribution in [0.15, 0.2) is 90.1 Å². The molecule has 1 aliphatic rings. The van der Waals surface area contributed by atoms with E-state index in [-0.39, 0.29) is 5.91 Å². The molecule has 5 nitrogen and oxygen atoms in total. The van der Waals surface area contributed by atoms with Gasteiger partial charge in [0.1, 0.15) is 11.1 Å². The molecular weight excluding hydrogens is 428 g/mol. The number of benzene rings is 3. The number of nitrogens with zero attached hydrogens (tertiary/aromatic N) is 3. The minimum absolute atomic E-state index is 0.0251. The molecule has 0 saturated heterocycles. The van der Waals surface area contributed by atoms with Gasteiger partial charge in [-0.2, -0.15) is 0 Å². The number of aryl methyl sites for hydroxylation is 1. The van der Waals surface area contributed by atoms with E-state index in [9.17, 15) is 4.79 Å². The maximum absolute atomic E-state index is 13.2. The fraction of sp³-hybridized carbons (Fsp3) is 0.222. The summed E-state index contributed by atoms with van der Waals surface area (Å²) in [5.41, 5.74) is 4.29. The van der Waals surface area contributed by atoms with Gasteiger partial charge >= 0.3 is 0 Å². The second kappa shape index (κ2) is 9.63. The average Bonchev–Trinajstić information content (AvgIpc) is 3.57. The smallest absolute Gasteiger partial charge is 0.238 e. The lowest BCUT2D eigenvalue weighted by atomic mass is 10.1. The number of thioether (sulfide) groups is 1. The van der Waals surface area contributed by atoms with Gasteiger partial charge in [0.2, 0.25) is 5.91 Å². The van der Waals surface area contributed by atoms with E-state index in [0.29, 0.717) is 17.6 Å². The highest BCUT2D eigenvalue weighted by Gasteiger charge is 2.31. The highest BCUT2D eigenvalue weighted by Crippen LogP contribution is 2.37. The largest absolute Gasteiger partial charge is 0.352 e. The van der Waals surface area contributed by atoms with Gasteiger partial charge in [0.25, 0.3) is 0 Å². The van der Waals surface area contributed by atoms with Gasteiger partial charge < -0.3 is 5.32 Å². The molecular formula is C27H26N4OS. The zero-order valence-corrected chi connectivity index (χ0v) is 19.3. The summed E-state index contributed by atoms with van der Waals surface area (Å²) in [6, 6.07) is 28.8. The molecule has 0 bridgehead atoms. The van der Waals surface area contributed by atoms with Crippen LogP contribution in [0.1, 0.15) is 40.6 Å². The van der Waals surface area contributed by atoms with Crippen LogP contribution < -0.4 is 5.32 Å². The lowest BCUT2D eigenvalue weighted by Crippen LogP contribution is -2.30. The summed E-state index contributed by atoms with van der Waals surface area (Å²) in [6.45, 7) is 2.08. The van der Waals surface area contributed by atoms with Gasteiger partial charge in [-0.3, -0.25) is 9.36 Å². The molecule has 1 N–H and O–H groups in total. The van der Waals surface area contributed by atoms with Crippen molar-refractivity contribution in [3.63, 3.8) is 0 Å². The van der Waals surface area contributed by atoms with E-state index in [1.165, 1.54) is 17.3 Å². The SMILES string of the molecule is Cc1cccc(-n2c(Cc3ccccc3)nnc2S[C@H](C(=O)NC2CC2)c2ccccc2)c1. The van der Waals surface area contributed by atoms with Crippen molar-refractivity contribution in [3.8, 4) is 5.69 Å². The van der Waals surface area contributed by atoms with E-state index in [2.05, 4.69) is 57.3 Å². The van der Waals surface area contributed by atoms with Crippen molar-refractivity contribution in [2.45, 2.75) is 42.6 Å². The summed E-state index contributed by atoms with van der Waals surface area (Å²) in [5, 5.41) is 12.6. The zero-order chi connectivity index (χ0) is 22.6. The van der Waals surface area contributed by atoms with Gasteiger partial charge in [-0.25, -0.2) is 0 Å². The Morgan fingerprint density at radius 2 is 1.73 bits per heavy atom. The van der Waals surface area contributed by atoms with Crippen molar-refractivity contribution in [3.05, 3.63) is 107 Å². The lowest BCUT2D eigenvalue weighted by molar-refractivity contribution is -0.120. The van der Waals surface area contributed by atoms with E-state index in [0.717, 1.165) is 35.5 Å². The summed E-state index contributed by atoms with van der Waals surface area (Å²) < 4.78 is 2.09. The Kier molecular flexibility index (Phi) is 6.26. The summed E-state index contributed by atoms with van der Waals surface area (Å²) in [5.74, 6) is 0.876. The van der Waals surface area contributed by atoms with Crippen LogP contribution in [-0.4, -0.2) is 26.7 Å². The van der Waals surface area contributed by atoms with Gasteiger partial charge in [-0.05, 0) is 48.6 Å². The first-order chi connectivity index (χ1) is 16.2. The molecule has 1 atom stereocenters. The van der Waals surface area contributed by atoms with Crippen LogP contribution in [0.2, 0.25) is 0 Å². The Hall–Kier alpha value is -3.38. The Bertz CT molecular complexity index is 1240. The predicted molar refractivity (Wildman–Crippen MR) is 132 cm³/mol. The summed E-state index contributed by atoms with van der Waals surface area (Å²) in [7, 11) is 0. The molecule has 0 radical (unpaired) electrons. The molecule has 3 aromatic carbocycles. The molecule has 4 aromatic rings. The summed E-state index contributed by atoms with van der Waals surface area (Å²) >= 11 is 1.46. The van der Waals surface area contributed by atoms with Crippen molar-refractivity contribution < 1.29 is 4.79 Å². The van der Waals surface area contributed by atoms with Gasteiger partial charge in [0.15, 0.2) is 5.16 Å². The maximum atomic E-state index is 13.2. The fourth-order valence-electron chi connectivity index (χ4n) is 3.81. The first kappa shape index (κ1) is 21.5. The first-order valence-electron chi connectivity index (χ1n) is 11.2. The molecule has 0 spiro atoms. The predicted octanol–water partition coefficient (Wildman–Crippen LogP) is 5.28. The molecule has 1 saturated carbocycles. The van der Waals surface area contributed by atoms with Gasteiger partial charge in [-0.1, -0.05) is 84.6 Å². The second-order valence-electron chi connectivity index (χ2n) is 8.43. The van der Waals surface area contributed by atoms with E-state index >= 15 is 0 Å². The van der Waals surface area contributed by atoms with Crippen LogP contribution in [0.5, 0.6) is 0 Å². The number of carbonyl (C=O) groups is 1. The van der Waals surface area contributed by atoms with Crippen LogP contribution in [0.25, 0.3) is 5.69 Å². The number of carbonyl (C=O) groups excluding carboxylic acids is 1. The normalized spacial score (nSPS) is 14.1. The molecule has 1 aliphatic carbocycles. The molecule has 1 heterocycles. The molecule has 166 valence electrons. The molecule has 1 aromatic heterocycles. The number of nitrogens with one attached hydrogen (secondary N) is 1. The summed E-state index contributed by atoms with van der Waals surface area (Å²) in [4.78, 5) is 13.2. The number of aromatic nitrogens is 3. The van der Waals surface area contributed by atoms with E-state index < -0.39 is 5.25 Å². The quantitative estimate of drug-likeness (QED) is 0.368. The number of hydrogen-bond donors (Lipinski definition) is 1. The van der Waals surface area contributed by atoms with Crippen LogP contribution in [0.4, 0.5) is 0 Å².